The van der Waals surface area contributed by atoms with Crippen molar-refractivity contribution >= 4 is 22.9 Å². The van der Waals surface area contributed by atoms with E-state index in [0.29, 0.717) is 12.1 Å². The summed E-state index contributed by atoms with van der Waals surface area (Å²) in [6.07, 6.45) is 4.10. The summed E-state index contributed by atoms with van der Waals surface area (Å²) in [5.41, 5.74) is 1.26. The molecule has 0 spiro atoms. The van der Waals surface area contributed by atoms with Crippen LogP contribution < -0.4 is 3.53 Å². The molecule has 0 saturated heterocycles. The molecule has 82 valence electrons. The molecule has 0 heterocycles. The van der Waals surface area contributed by atoms with Gasteiger partial charge in [-0.25, -0.2) is 0 Å². The molecule has 0 radical (unpaired) electrons. The van der Waals surface area contributed by atoms with Crippen LogP contribution in [-0.2, 0) is 11.3 Å². The van der Waals surface area contributed by atoms with Gasteiger partial charge in [0.05, 0.1) is 12.7 Å². The maximum absolute atomic E-state index is 5.93. The van der Waals surface area contributed by atoms with Crippen molar-refractivity contribution in [2.45, 2.75) is 38.0 Å². The first kappa shape index (κ1) is 11.4. The third-order valence-electron chi connectivity index (χ3n) is 2.90. The van der Waals surface area contributed by atoms with Gasteiger partial charge in [0.25, 0.3) is 0 Å². The molecule has 2 nitrogen and oxygen atoms in total. The zero-order valence-electron chi connectivity index (χ0n) is 8.66. The normalized spacial score (nSPS) is 25.7. The first-order valence-corrected chi connectivity index (χ1v) is 6.49. The Hall–Kier alpha value is -0.130. The van der Waals surface area contributed by atoms with Gasteiger partial charge in [0.1, 0.15) is 0 Å². The van der Waals surface area contributed by atoms with Crippen LogP contribution in [0.15, 0.2) is 30.3 Å². The molecule has 0 aromatic heterocycles. The largest absolute Gasteiger partial charge is 0.372 e. The summed E-state index contributed by atoms with van der Waals surface area (Å²) in [5, 5.41) is 0. The van der Waals surface area contributed by atoms with Gasteiger partial charge in [-0.2, -0.15) is 0 Å². The van der Waals surface area contributed by atoms with Gasteiger partial charge in [-0.15, -0.1) is 0 Å². The number of halogens is 1. The second-order valence-corrected chi connectivity index (χ2v) is 4.60. The molecule has 0 bridgehead atoms. The summed E-state index contributed by atoms with van der Waals surface area (Å²) in [6, 6.07) is 10.9. The van der Waals surface area contributed by atoms with Crippen LogP contribution in [0.5, 0.6) is 0 Å². The maximum atomic E-state index is 5.93. The molecule has 2 atom stereocenters. The van der Waals surface area contributed by atoms with Gasteiger partial charge in [-0.05, 0) is 24.8 Å². The van der Waals surface area contributed by atoms with E-state index in [9.17, 15) is 0 Å². The molecule has 1 aromatic rings. The molecule has 0 unspecified atom stereocenters. The molecule has 2 rings (SSSR count). The van der Waals surface area contributed by atoms with Crippen molar-refractivity contribution in [3.63, 3.8) is 0 Å². The highest BCUT2D eigenvalue weighted by Crippen LogP contribution is 2.23. The Morgan fingerprint density at radius 1 is 1.27 bits per heavy atom. The summed E-state index contributed by atoms with van der Waals surface area (Å²) in [4.78, 5) is 0. The molecule has 1 aliphatic carbocycles. The zero-order chi connectivity index (χ0) is 10.5. The van der Waals surface area contributed by atoms with E-state index < -0.39 is 0 Å². The minimum absolute atomic E-state index is 0.391. The van der Waals surface area contributed by atoms with Crippen LogP contribution in [0.2, 0.25) is 0 Å². The first-order chi connectivity index (χ1) is 7.40. The van der Waals surface area contributed by atoms with E-state index in [2.05, 4.69) is 50.7 Å². The molecule has 15 heavy (non-hydrogen) atoms. The minimum Gasteiger partial charge on any atom is -0.372 e. The fourth-order valence-electron chi connectivity index (χ4n) is 2.03. The summed E-state index contributed by atoms with van der Waals surface area (Å²) < 4.78 is 9.22. The minimum atomic E-state index is 0.391. The second kappa shape index (κ2) is 5.82. The van der Waals surface area contributed by atoms with Crippen LogP contribution in [0.25, 0.3) is 0 Å². The number of hydrogen-bond donors (Lipinski definition) is 1. The topological polar surface area (TPSA) is 21.3 Å². The molecule has 1 N–H and O–H groups in total. The van der Waals surface area contributed by atoms with Gasteiger partial charge in [0.2, 0.25) is 0 Å². The van der Waals surface area contributed by atoms with E-state index in [1.807, 2.05) is 6.07 Å². The van der Waals surface area contributed by atoms with E-state index in [1.54, 1.807) is 0 Å². The predicted molar refractivity (Wildman–Crippen MR) is 69.8 cm³/mol. The van der Waals surface area contributed by atoms with Crippen LogP contribution in [0, 0.1) is 0 Å². The summed E-state index contributed by atoms with van der Waals surface area (Å²) in [5.74, 6) is 0. The highest BCUT2D eigenvalue weighted by molar-refractivity contribution is 14.1. The van der Waals surface area contributed by atoms with Crippen molar-refractivity contribution in [1.82, 2.24) is 3.53 Å². The van der Waals surface area contributed by atoms with Crippen LogP contribution >= 0.6 is 22.9 Å². The molecule has 0 amide bonds. The standard InChI is InChI=1S/C12H16INO/c13-14-11-7-4-8-12(11)15-9-10-5-2-1-3-6-10/h1-3,5-6,11-12,14H,4,7-9H2/t11-,12-/m0/s1. The molecular formula is C12H16INO. The van der Waals surface area contributed by atoms with Crippen LogP contribution in [0.1, 0.15) is 24.8 Å². The van der Waals surface area contributed by atoms with Crippen LogP contribution in [0.3, 0.4) is 0 Å². The molecular weight excluding hydrogens is 301 g/mol. The molecule has 1 fully saturated rings. The lowest BCUT2D eigenvalue weighted by atomic mass is 10.2. The zero-order valence-corrected chi connectivity index (χ0v) is 10.8. The van der Waals surface area contributed by atoms with Crippen molar-refractivity contribution in [3.05, 3.63) is 35.9 Å². The van der Waals surface area contributed by atoms with Gasteiger partial charge in [-0.1, -0.05) is 30.3 Å². The van der Waals surface area contributed by atoms with Crippen LogP contribution in [0.4, 0.5) is 0 Å². The molecule has 1 saturated carbocycles. The lowest BCUT2D eigenvalue weighted by Gasteiger charge is -2.18. The highest BCUT2D eigenvalue weighted by Gasteiger charge is 2.26. The van der Waals surface area contributed by atoms with Crippen molar-refractivity contribution in [1.29, 1.82) is 0 Å². The van der Waals surface area contributed by atoms with E-state index in [-0.39, 0.29) is 0 Å². The smallest absolute Gasteiger partial charge is 0.0740 e. The lowest BCUT2D eigenvalue weighted by molar-refractivity contribution is 0.0339. The number of ether oxygens (including phenoxy) is 1. The molecule has 1 aliphatic rings. The SMILES string of the molecule is IN[C@H]1CCC[C@@H]1OCc1ccccc1. The van der Waals surface area contributed by atoms with Crippen molar-refractivity contribution in [2.75, 3.05) is 0 Å². The van der Waals surface area contributed by atoms with Gasteiger partial charge < -0.3 is 4.74 Å². The Kier molecular flexibility index (Phi) is 4.41. The Morgan fingerprint density at radius 3 is 2.80 bits per heavy atom. The highest BCUT2D eigenvalue weighted by atomic mass is 127. The Labute approximate surface area is 105 Å². The average Bonchev–Trinajstić information content (AvgIpc) is 2.75. The third-order valence-corrected chi connectivity index (χ3v) is 3.70. The van der Waals surface area contributed by atoms with E-state index in [0.717, 1.165) is 6.61 Å². The third kappa shape index (κ3) is 3.16. The van der Waals surface area contributed by atoms with Gasteiger partial charge in [-0.3, -0.25) is 3.53 Å². The molecule has 1 aromatic carbocycles. The van der Waals surface area contributed by atoms with Gasteiger partial charge in [0, 0.05) is 28.9 Å². The summed E-state index contributed by atoms with van der Waals surface area (Å²) in [7, 11) is 0. The Balaban J connectivity index is 1.83. The maximum Gasteiger partial charge on any atom is 0.0740 e. The van der Waals surface area contributed by atoms with Crippen LogP contribution in [-0.4, -0.2) is 12.1 Å². The molecule has 3 heteroatoms. The summed E-state index contributed by atoms with van der Waals surface area (Å²) >= 11 is 2.23. The number of hydrogen-bond acceptors (Lipinski definition) is 2. The predicted octanol–water partition coefficient (Wildman–Crippen LogP) is 3.06. The lowest BCUT2D eigenvalue weighted by Crippen LogP contribution is -2.31. The fraction of sp³-hybridized carbons (Fsp3) is 0.500. The average molecular weight is 317 g/mol. The first-order valence-electron chi connectivity index (χ1n) is 5.42. The van der Waals surface area contributed by atoms with E-state index in [1.165, 1.54) is 24.8 Å². The number of rotatable bonds is 4. The molecule has 0 aliphatic heterocycles. The summed E-state index contributed by atoms with van der Waals surface area (Å²) in [6.45, 7) is 0.736. The van der Waals surface area contributed by atoms with Gasteiger partial charge >= 0.3 is 0 Å². The monoisotopic (exact) mass is 317 g/mol. The Morgan fingerprint density at radius 2 is 2.07 bits per heavy atom. The number of benzene rings is 1. The van der Waals surface area contributed by atoms with Crippen molar-refractivity contribution in [2.24, 2.45) is 0 Å². The quantitative estimate of drug-likeness (QED) is 0.681. The van der Waals surface area contributed by atoms with Crippen molar-refractivity contribution < 1.29 is 4.74 Å². The number of nitrogens with one attached hydrogen (secondary N) is 1. The van der Waals surface area contributed by atoms with E-state index >= 15 is 0 Å². The Bertz CT molecular complexity index is 291. The van der Waals surface area contributed by atoms with Crippen molar-refractivity contribution in [3.8, 4) is 0 Å². The second-order valence-electron chi connectivity index (χ2n) is 3.98. The van der Waals surface area contributed by atoms with Gasteiger partial charge in [0.15, 0.2) is 0 Å². The fourth-order valence-corrected chi connectivity index (χ4v) is 2.74. The van der Waals surface area contributed by atoms with E-state index in [4.69, 9.17) is 4.74 Å².